The maximum Gasteiger partial charge on any atom is 0.391 e. The van der Waals surface area contributed by atoms with Crippen molar-refractivity contribution in [3.63, 3.8) is 0 Å². The first kappa shape index (κ1) is 12.7. The second-order valence-corrected chi connectivity index (χ2v) is 4.67. The highest BCUT2D eigenvalue weighted by atomic mass is 35.5. The highest BCUT2D eigenvalue weighted by Crippen LogP contribution is 2.44. The Hall–Kier alpha value is -0.710. The minimum absolute atomic E-state index is 0.0859. The predicted molar refractivity (Wildman–Crippen MR) is 56.8 cm³/mol. The molecule has 6 heteroatoms. The minimum atomic E-state index is -4.11. The van der Waals surface area contributed by atoms with Gasteiger partial charge in [0, 0.05) is 5.92 Å². The van der Waals surface area contributed by atoms with Crippen LogP contribution in [0.25, 0.3) is 0 Å². The molecule has 1 fully saturated rings. The molecule has 2 atom stereocenters. The van der Waals surface area contributed by atoms with E-state index < -0.39 is 12.1 Å². The minimum Gasteiger partial charge on any atom is -0.448 e. The Balaban J connectivity index is 2.12. The lowest BCUT2D eigenvalue weighted by molar-refractivity contribution is -0.183. The standard InChI is InChI=1S/C11H13ClF3NO/c12-5-9-10(17-6-16-9)7-2-1-3-8(4-7)11(13,14)15/h6-8H,1-5H2. The zero-order valence-electron chi connectivity index (χ0n) is 9.13. The topological polar surface area (TPSA) is 26.0 Å². The summed E-state index contributed by atoms with van der Waals surface area (Å²) in [5, 5.41) is 0. The van der Waals surface area contributed by atoms with E-state index in [4.69, 9.17) is 16.0 Å². The zero-order valence-corrected chi connectivity index (χ0v) is 9.89. The van der Waals surface area contributed by atoms with Gasteiger partial charge >= 0.3 is 6.18 Å². The van der Waals surface area contributed by atoms with Crippen molar-refractivity contribution in [1.82, 2.24) is 4.98 Å². The van der Waals surface area contributed by atoms with E-state index in [2.05, 4.69) is 4.98 Å². The average Bonchev–Trinajstić information content (AvgIpc) is 2.76. The van der Waals surface area contributed by atoms with E-state index in [-0.39, 0.29) is 24.6 Å². The lowest BCUT2D eigenvalue weighted by atomic mass is 9.79. The van der Waals surface area contributed by atoms with Gasteiger partial charge in [-0.25, -0.2) is 4.98 Å². The Morgan fingerprint density at radius 2 is 2.18 bits per heavy atom. The largest absolute Gasteiger partial charge is 0.448 e. The first-order valence-corrected chi connectivity index (χ1v) is 6.10. The van der Waals surface area contributed by atoms with Crippen LogP contribution < -0.4 is 0 Å². The van der Waals surface area contributed by atoms with Crippen LogP contribution in [0.2, 0.25) is 0 Å². The van der Waals surface area contributed by atoms with E-state index in [9.17, 15) is 13.2 Å². The number of oxazole rings is 1. The van der Waals surface area contributed by atoms with Crippen molar-refractivity contribution in [2.24, 2.45) is 5.92 Å². The van der Waals surface area contributed by atoms with Gasteiger partial charge in [0.05, 0.1) is 17.5 Å². The summed E-state index contributed by atoms with van der Waals surface area (Å²) in [5.41, 5.74) is 0.569. The fraction of sp³-hybridized carbons (Fsp3) is 0.727. The highest BCUT2D eigenvalue weighted by Gasteiger charge is 2.43. The number of alkyl halides is 4. The zero-order chi connectivity index (χ0) is 12.5. The average molecular weight is 268 g/mol. The molecule has 0 aliphatic heterocycles. The van der Waals surface area contributed by atoms with E-state index in [0.29, 0.717) is 24.3 Å². The molecule has 17 heavy (non-hydrogen) atoms. The lowest BCUT2D eigenvalue weighted by Gasteiger charge is -2.29. The van der Waals surface area contributed by atoms with Crippen LogP contribution in [0, 0.1) is 5.92 Å². The maximum absolute atomic E-state index is 12.7. The Bertz CT molecular complexity index is 377. The van der Waals surface area contributed by atoms with Crippen LogP contribution in [0.3, 0.4) is 0 Å². The summed E-state index contributed by atoms with van der Waals surface area (Å²) in [7, 11) is 0. The number of hydrogen-bond donors (Lipinski definition) is 0. The molecule has 0 saturated heterocycles. The quantitative estimate of drug-likeness (QED) is 0.749. The van der Waals surface area contributed by atoms with Gasteiger partial charge in [0.2, 0.25) is 0 Å². The van der Waals surface area contributed by atoms with E-state index in [1.807, 2.05) is 0 Å². The summed E-state index contributed by atoms with van der Waals surface area (Å²) in [5.74, 6) is -0.714. The van der Waals surface area contributed by atoms with Crippen LogP contribution in [0.1, 0.15) is 43.1 Å². The van der Waals surface area contributed by atoms with Crippen molar-refractivity contribution >= 4 is 11.6 Å². The van der Waals surface area contributed by atoms with Crippen molar-refractivity contribution in [2.75, 3.05) is 0 Å². The molecule has 1 saturated carbocycles. The number of aromatic nitrogens is 1. The molecule has 1 aliphatic carbocycles. The van der Waals surface area contributed by atoms with Crippen molar-refractivity contribution in [3.05, 3.63) is 17.8 Å². The summed E-state index contributed by atoms with van der Waals surface area (Å²) in [4.78, 5) is 3.92. The van der Waals surface area contributed by atoms with Crippen LogP contribution in [-0.4, -0.2) is 11.2 Å². The van der Waals surface area contributed by atoms with Gasteiger partial charge < -0.3 is 4.42 Å². The molecule has 1 aromatic heterocycles. The second kappa shape index (κ2) is 4.88. The SMILES string of the molecule is FC(F)(F)C1CCCC(c2ocnc2CCl)C1. The molecule has 1 aromatic rings. The predicted octanol–water partition coefficient (Wildman–Crippen LogP) is 4.25. The third-order valence-electron chi connectivity index (χ3n) is 3.31. The van der Waals surface area contributed by atoms with Gasteiger partial charge in [-0.15, -0.1) is 11.6 Å². The van der Waals surface area contributed by atoms with Crippen LogP contribution in [0.5, 0.6) is 0 Å². The van der Waals surface area contributed by atoms with E-state index in [1.54, 1.807) is 0 Å². The van der Waals surface area contributed by atoms with Gasteiger partial charge in [0.25, 0.3) is 0 Å². The Kier molecular flexibility index (Phi) is 3.66. The van der Waals surface area contributed by atoms with Crippen molar-refractivity contribution in [3.8, 4) is 0 Å². The highest BCUT2D eigenvalue weighted by molar-refractivity contribution is 6.16. The van der Waals surface area contributed by atoms with Crippen molar-refractivity contribution in [1.29, 1.82) is 0 Å². The number of hydrogen-bond acceptors (Lipinski definition) is 2. The molecular formula is C11H13ClF3NO. The monoisotopic (exact) mass is 267 g/mol. The third-order valence-corrected chi connectivity index (χ3v) is 3.56. The molecule has 0 bridgehead atoms. The molecule has 2 nitrogen and oxygen atoms in total. The Morgan fingerprint density at radius 1 is 1.41 bits per heavy atom. The first-order chi connectivity index (χ1) is 8.02. The van der Waals surface area contributed by atoms with E-state index in [0.717, 1.165) is 0 Å². The number of nitrogens with zero attached hydrogens (tertiary/aromatic N) is 1. The van der Waals surface area contributed by atoms with Crippen LogP contribution >= 0.6 is 11.6 Å². The molecule has 2 unspecified atom stereocenters. The van der Waals surface area contributed by atoms with E-state index >= 15 is 0 Å². The summed E-state index contributed by atoms with van der Waals surface area (Å²) in [6.45, 7) is 0. The summed E-state index contributed by atoms with van der Waals surface area (Å²) in [6.07, 6.45) is -1.28. The summed E-state index contributed by atoms with van der Waals surface area (Å²) >= 11 is 5.67. The molecule has 1 aliphatic rings. The smallest absolute Gasteiger partial charge is 0.391 e. The Labute approximate surface area is 102 Å². The molecule has 2 rings (SSSR count). The van der Waals surface area contributed by atoms with Crippen LogP contribution in [0.4, 0.5) is 13.2 Å². The Morgan fingerprint density at radius 3 is 2.82 bits per heavy atom. The summed E-state index contributed by atoms with van der Waals surface area (Å²) in [6, 6.07) is 0. The van der Waals surface area contributed by atoms with Gasteiger partial charge in [-0.3, -0.25) is 0 Å². The molecule has 0 spiro atoms. The normalized spacial score (nSPS) is 26.1. The molecule has 0 N–H and O–H groups in total. The second-order valence-electron chi connectivity index (χ2n) is 4.40. The van der Waals surface area contributed by atoms with E-state index in [1.165, 1.54) is 6.39 Å². The molecule has 96 valence electrons. The van der Waals surface area contributed by atoms with Crippen LogP contribution in [-0.2, 0) is 5.88 Å². The first-order valence-electron chi connectivity index (χ1n) is 5.57. The fourth-order valence-electron chi connectivity index (χ4n) is 2.44. The number of rotatable bonds is 2. The molecular weight excluding hydrogens is 255 g/mol. The van der Waals surface area contributed by atoms with Gasteiger partial charge in [0.1, 0.15) is 5.76 Å². The molecule has 0 amide bonds. The molecule has 0 radical (unpaired) electrons. The lowest BCUT2D eigenvalue weighted by Crippen LogP contribution is -2.28. The number of halogens is 4. The summed E-state index contributed by atoms with van der Waals surface area (Å²) < 4.78 is 43.2. The van der Waals surface area contributed by atoms with Gasteiger partial charge in [0.15, 0.2) is 6.39 Å². The molecule has 1 heterocycles. The molecule has 0 aromatic carbocycles. The van der Waals surface area contributed by atoms with Gasteiger partial charge in [-0.05, 0) is 19.3 Å². The van der Waals surface area contributed by atoms with Crippen molar-refractivity contribution < 1.29 is 17.6 Å². The fourth-order valence-corrected chi connectivity index (χ4v) is 2.64. The van der Waals surface area contributed by atoms with Gasteiger partial charge in [-0.1, -0.05) is 6.42 Å². The van der Waals surface area contributed by atoms with Crippen molar-refractivity contribution in [2.45, 2.75) is 43.7 Å². The van der Waals surface area contributed by atoms with Gasteiger partial charge in [-0.2, -0.15) is 13.2 Å². The van der Waals surface area contributed by atoms with Crippen LogP contribution in [0.15, 0.2) is 10.8 Å². The maximum atomic E-state index is 12.7. The third kappa shape index (κ3) is 2.76.